The second-order valence-electron chi connectivity index (χ2n) is 4.26. The average molecular weight is 293 g/mol. The van der Waals surface area contributed by atoms with Crippen LogP contribution in [0, 0.1) is 0 Å². The van der Waals surface area contributed by atoms with Crippen molar-refractivity contribution < 1.29 is 9.47 Å². The van der Waals surface area contributed by atoms with Gasteiger partial charge < -0.3 is 9.47 Å². The molecule has 1 unspecified atom stereocenters. The van der Waals surface area contributed by atoms with Gasteiger partial charge in [-0.3, -0.25) is 5.84 Å². The van der Waals surface area contributed by atoms with Crippen molar-refractivity contribution in [3.63, 3.8) is 0 Å². The minimum Gasteiger partial charge on any atom is -0.497 e. The molecule has 0 heterocycles. The summed E-state index contributed by atoms with van der Waals surface area (Å²) in [5, 5.41) is 0.621. The quantitative estimate of drug-likeness (QED) is 0.657. The molecule has 0 saturated heterocycles. The molecule has 1 atom stereocenters. The molecule has 0 spiro atoms. The Hall–Kier alpha value is -1.75. The molecule has 0 radical (unpaired) electrons. The summed E-state index contributed by atoms with van der Waals surface area (Å²) in [6.07, 6.45) is 0. The summed E-state index contributed by atoms with van der Waals surface area (Å²) in [7, 11) is 3.24. The lowest BCUT2D eigenvalue weighted by molar-refractivity contribution is 0.404. The number of methoxy groups -OCH3 is 2. The van der Waals surface area contributed by atoms with E-state index in [0.29, 0.717) is 10.8 Å². The number of hydrazine groups is 1. The smallest absolute Gasteiger partial charge is 0.125 e. The van der Waals surface area contributed by atoms with Crippen molar-refractivity contribution >= 4 is 11.6 Å². The van der Waals surface area contributed by atoms with Crippen LogP contribution in [0.3, 0.4) is 0 Å². The van der Waals surface area contributed by atoms with Crippen LogP contribution in [0.4, 0.5) is 0 Å². The molecule has 2 aromatic carbocycles. The zero-order valence-corrected chi connectivity index (χ0v) is 12.1. The number of hydrogen-bond donors (Lipinski definition) is 2. The Labute approximate surface area is 123 Å². The van der Waals surface area contributed by atoms with E-state index in [9.17, 15) is 0 Å². The maximum atomic E-state index is 5.98. The Morgan fingerprint density at radius 2 is 1.75 bits per heavy atom. The fourth-order valence-electron chi connectivity index (χ4n) is 2.09. The molecule has 0 amide bonds. The van der Waals surface area contributed by atoms with Crippen LogP contribution in [0.2, 0.25) is 5.02 Å². The van der Waals surface area contributed by atoms with Gasteiger partial charge in [0.2, 0.25) is 0 Å². The molecule has 2 rings (SSSR count). The van der Waals surface area contributed by atoms with Crippen LogP contribution in [-0.4, -0.2) is 14.2 Å². The number of benzene rings is 2. The minimum absolute atomic E-state index is 0.187. The molecule has 0 fully saturated rings. The molecule has 106 valence electrons. The number of halogens is 1. The van der Waals surface area contributed by atoms with Gasteiger partial charge >= 0.3 is 0 Å². The van der Waals surface area contributed by atoms with Gasteiger partial charge in [-0.1, -0.05) is 29.8 Å². The largest absolute Gasteiger partial charge is 0.497 e. The maximum absolute atomic E-state index is 5.98. The second-order valence-corrected chi connectivity index (χ2v) is 4.70. The first-order chi connectivity index (χ1) is 9.69. The SMILES string of the molecule is COc1ccc(C(NN)c2ccc(Cl)cc2OC)cc1. The van der Waals surface area contributed by atoms with Crippen LogP contribution in [-0.2, 0) is 0 Å². The summed E-state index contributed by atoms with van der Waals surface area (Å²) in [5.41, 5.74) is 4.73. The van der Waals surface area contributed by atoms with Crippen molar-refractivity contribution in [1.82, 2.24) is 5.43 Å². The lowest BCUT2D eigenvalue weighted by Crippen LogP contribution is -2.29. The van der Waals surface area contributed by atoms with Crippen LogP contribution >= 0.6 is 11.6 Å². The molecule has 0 saturated carbocycles. The topological polar surface area (TPSA) is 56.5 Å². The molecule has 0 bridgehead atoms. The predicted molar refractivity (Wildman–Crippen MR) is 80.2 cm³/mol. The normalized spacial score (nSPS) is 12.0. The van der Waals surface area contributed by atoms with Crippen molar-refractivity contribution in [3.05, 3.63) is 58.6 Å². The van der Waals surface area contributed by atoms with Crippen LogP contribution in [0.15, 0.2) is 42.5 Å². The van der Waals surface area contributed by atoms with Gasteiger partial charge in [-0.15, -0.1) is 0 Å². The van der Waals surface area contributed by atoms with Gasteiger partial charge in [-0.25, -0.2) is 5.43 Å². The fourth-order valence-corrected chi connectivity index (χ4v) is 2.25. The van der Waals surface area contributed by atoms with E-state index in [2.05, 4.69) is 5.43 Å². The molecular weight excluding hydrogens is 276 g/mol. The highest BCUT2D eigenvalue weighted by Crippen LogP contribution is 2.32. The molecule has 20 heavy (non-hydrogen) atoms. The number of nitrogens with two attached hydrogens (primary N) is 1. The zero-order valence-electron chi connectivity index (χ0n) is 11.4. The standard InChI is InChI=1S/C15H17ClN2O2/c1-19-12-6-3-10(4-7-12)15(18-17)13-8-5-11(16)9-14(13)20-2/h3-9,15,18H,17H2,1-2H3. The van der Waals surface area contributed by atoms with Crippen molar-refractivity contribution in [1.29, 1.82) is 0 Å². The van der Waals surface area contributed by atoms with Crippen molar-refractivity contribution in [2.75, 3.05) is 14.2 Å². The van der Waals surface area contributed by atoms with Crippen LogP contribution < -0.4 is 20.7 Å². The van der Waals surface area contributed by atoms with E-state index in [1.165, 1.54) is 0 Å². The van der Waals surface area contributed by atoms with Gasteiger partial charge in [0, 0.05) is 10.6 Å². The average Bonchev–Trinajstić information content (AvgIpc) is 2.50. The molecule has 0 aliphatic carbocycles. The molecule has 2 aromatic rings. The van der Waals surface area contributed by atoms with E-state index >= 15 is 0 Å². The highest BCUT2D eigenvalue weighted by Gasteiger charge is 2.17. The molecule has 0 aliphatic rings. The molecule has 3 N–H and O–H groups in total. The minimum atomic E-state index is -0.187. The lowest BCUT2D eigenvalue weighted by atomic mass is 9.98. The number of hydrogen-bond acceptors (Lipinski definition) is 4. The van der Waals surface area contributed by atoms with Crippen molar-refractivity contribution in [2.24, 2.45) is 5.84 Å². The summed E-state index contributed by atoms with van der Waals surface area (Å²) >= 11 is 5.98. The summed E-state index contributed by atoms with van der Waals surface area (Å²) < 4.78 is 10.5. The van der Waals surface area contributed by atoms with Gasteiger partial charge in [0.25, 0.3) is 0 Å². The van der Waals surface area contributed by atoms with Gasteiger partial charge in [0.05, 0.1) is 20.3 Å². The third-order valence-electron chi connectivity index (χ3n) is 3.12. The zero-order chi connectivity index (χ0) is 14.5. The maximum Gasteiger partial charge on any atom is 0.125 e. The Bertz CT molecular complexity index is 573. The highest BCUT2D eigenvalue weighted by molar-refractivity contribution is 6.30. The van der Waals surface area contributed by atoms with E-state index in [-0.39, 0.29) is 6.04 Å². The Morgan fingerprint density at radius 3 is 2.30 bits per heavy atom. The van der Waals surface area contributed by atoms with E-state index in [0.717, 1.165) is 16.9 Å². The van der Waals surface area contributed by atoms with E-state index in [4.69, 9.17) is 26.9 Å². The van der Waals surface area contributed by atoms with Crippen LogP contribution in [0.1, 0.15) is 17.2 Å². The molecule has 0 aliphatic heterocycles. The van der Waals surface area contributed by atoms with Gasteiger partial charge in [-0.2, -0.15) is 0 Å². The first-order valence-corrected chi connectivity index (χ1v) is 6.51. The first-order valence-electron chi connectivity index (χ1n) is 6.13. The fraction of sp³-hybridized carbons (Fsp3) is 0.200. The number of nitrogens with one attached hydrogen (secondary N) is 1. The van der Waals surface area contributed by atoms with E-state index in [1.807, 2.05) is 36.4 Å². The Kier molecular flexibility index (Phi) is 4.84. The first kappa shape index (κ1) is 14.7. The monoisotopic (exact) mass is 292 g/mol. The Balaban J connectivity index is 2.40. The number of ether oxygens (including phenoxy) is 2. The van der Waals surface area contributed by atoms with Crippen LogP contribution in [0.25, 0.3) is 0 Å². The summed E-state index contributed by atoms with van der Waals surface area (Å²) in [6.45, 7) is 0. The van der Waals surface area contributed by atoms with Crippen molar-refractivity contribution in [2.45, 2.75) is 6.04 Å². The second kappa shape index (κ2) is 6.61. The summed E-state index contributed by atoms with van der Waals surface area (Å²) in [4.78, 5) is 0. The van der Waals surface area contributed by atoms with E-state index in [1.54, 1.807) is 20.3 Å². The van der Waals surface area contributed by atoms with Gasteiger partial charge in [-0.05, 0) is 29.8 Å². The van der Waals surface area contributed by atoms with Gasteiger partial charge in [0.1, 0.15) is 11.5 Å². The highest BCUT2D eigenvalue weighted by atomic mass is 35.5. The van der Waals surface area contributed by atoms with Crippen molar-refractivity contribution in [3.8, 4) is 11.5 Å². The predicted octanol–water partition coefficient (Wildman–Crippen LogP) is 2.91. The third-order valence-corrected chi connectivity index (χ3v) is 3.36. The summed E-state index contributed by atoms with van der Waals surface area (Å²) in [6, 6.07) is 13.0. The molecular formula is C15H17ClN2O2. The Morgan fingerprint density at radius 1 is 1.05 bits per heavy atom. The summed E-state index contributed by atoms with van der Waals surface area (Å²) in [5.74, 6) is 7.19. The van der Waals surface area contributed by atoms with Crippen LogP contribution in [0.5, 0.6) is 11.5 Å². The molecule has 0 aromatic heterocycles. The molecule has 4 nitrogen and oxygen atoms in total. The number of rotatable bonds is 5. The molecule has 5 heteroatoms. The van der Waals surface area contributed by atoms with Gasteiger partial charge in [0.15, 0.2) is 0 Å². The third kappa shape index (κ3) is 3.04. The van der Waals surface area contributed by atoms with E-state index < -0.39 is 0 Å². The lowest BCUT2D eigenvalue weighted by Gasteiger charge is -2.20.